The largest absolute Gasteiger partial charge is 0.496 e. The van der Waals surface area contributed by atoms with Crippen molar-refractivity contribution in [3.63, 3.8) is 0 Å². The third kappa shape index (κ3) is 4.19. The number of ether oxygens (including phenoxy) is 2. The number of oxime groups is 1. The first kappa shape index (κ1) is 21.1. The normalized spacial score (nSPS) is 11.4. The first-order valence-corrected chi connectivity index (χ1v) is 9.49. The zero-order valence-corrected chi connectivity index (χ0v) is 17.7. The van der Waals surface area contributed by atoms with Crippen molar-refractivity contribution >= 4 is 5.71 Å². The molecule has 0 fully saturated rings. The summed E-state index contributed by atoms with van der Waals surface area (Å²) in [5.74, 6) is 1.31. The number of benzene rings is 2. The predicted molar refractivity (Wildman–Crippen MR) is 113 cm³/mol. The molecule has 0 aliphatic carbocycles. The molecule has 3 rings (SSSR count). The molecule has 0 atom stereocenters. The Morgan fingerprint density at radius 1 is 1.13 bits per heavy atom. The first-order chi connectivity index (χ1) is 14.5. The Bertz CT molecular complexity index is 1120. The van der Waals surface area contributed by atoms with E-state index in [0.717, 1.165) is 29.0 Å². The van der Waals surface area contributed by atoms with E-state index >= 15 is 0 Å². The van der Waals surface area contributed by atoms with Gasteiger partial charge in [0, 0.05) is 7.05 Å². The van der Waals surface area contributed by atoms with Gasteiger partial charge in [-0.25, -0.2) is 4.79 Å². The third-order valence-electron chi connectivity index (χ3n) is 4.69. The molecule has 1 aromatic heterocycles. The molecule has 0 radical (unpaired) electrons. The molecule has 9 nitrogen and oxygen atoms in total. The predicted octanol–water partition coefficient (Wildman–Crippen LogP) is 2.62. The lowest BCUT2D eigenvalue weighted by Crippen LogP contribution is -2.23. The van der Waals surface area contributed by atoms with Gasteiger partial charge >= 0.3 is 5.69 Å². The van der Waals surface area contributed by atoms with Crippen LogP contribution in [0.25, 0.3) is 5.69 Å². The SMILES string of the molecule is CC/C(=N\OC)c1ccc(OCc2c(OC)cccc2-n2nnn(C)c2=O)c(C)c1. The summed E-state index contributed by atoms with van der Waals surface area (Å²) in [5, 5.41) is 11.8. The van der Waals surface area contributed by atoms with Crippen molar-refractivity contribution in [2.75, 3.05) is 14.2 Å². The summed E-state index contributed by atoms with van der Waals surface area (Å²) >= 11 is 0. The van der Waals surface area contributed by atoms with Crippen LogP contribution in [0, 0.1) is 6.92 Å². The monoisotopic (exact) mass is 411 g/mol. The van der Waals surface area contributed by atoms with Crippen LogP contribution >= 0.6 is 0 Å². The Balaban J connectivity index is 1.92. The van der Waals surface area contributed by atoms with Crippen molar-refractivity contribution in [1.82, 2.24) is 19.8 Å². The van der Waals surface area contributed by atoms with Crippen LogP contribution in [0.3, 0.4) is 0 Å². The molecule has 9 heteroatoms. The van der Waals surface area contributed by atoms with Crippen LogP contribution in [-0.2, 0) is 18.5 Å². The Hall–Kier alpha value is -3.62. The molecule has 0 bridgehead atoms. The van der Waals surface area contributed by atoms with Crippen molar-refractivity contribution in [2.24, 2.45) is 12.2 Å². The smallest absolute Gasteiger partial charge is 0.368 e. The average molecular weight is 411 g/mol. The van der Waals surface area contributed by atoms with Gasteiger partial charge in [-0.3, -0.25) is 0 Å². The summed E-state index contributed by atoms with van der Waals surface area (Å²) < 4.78 is 14.0. The van der Waals surface area contributed by atoms with Crippen LogP contribution < -0.4 is 15.2 Å². The minimum Gasteiger partial charge on any atom is -0.496 e. The lowest BCUT2D eigenvalue weighted by atomic mass is 10.0. The molecule has 0 amide bonds. The molecule has 3 aromatic rings. The van der Waals surface area contributed by atoms with Gasteiger partial charge < -0.3 is 14.3 Å². The fourth-order valence-electron chi connectivity index (χ4n) is 3.13. The number of methoxy groups -OCH3 is 1. The third-order valence-corrected chi connectivity index (χ3v) is 4.69. The summed E-state index contributed by atoms with van der Waals surface area (Å²) in [6.45, 7) is 4.18. The van der Waals surface area contributed by atoms with Crippen molar-refractivity contribution < 1.29 is 14.3 Å². The summed E-state index contributed by atoms with van der Waals surface area (Å²) in [4.78, 5) is 17.2. The molecule has 0 saturated carbocycles. The lowest BCUT2D eigenvalue weighted by Gasteiger charge is -2.15. The van der Waals surface area contributed by atoms with Crippen molar-refractivity contribution in [2.45, 2.75) is 26.9 Å². The number of tetrazole rings is 1. The molecule has 0 aliphatic rings. The van der Waals surface area contributed by atoms with Gasteiger partial charge in [0.1, 0.15) is 25.2 Å². The summed E-state index contributed by atoms with van der Waals surface area (Å²) in [6, 6.07) is 11.2. The van der Waals surface area contributed by atoms with Crippen LogP contribution in [0.5, 0.6) is 11.5 Å². The van der Waals surface area contributed by atoms with Crippen LogP contribution in [-0.4, -0.2) is 39.7 Å². The Morgan fingerprint density at radius 2 is 1.93 bits per heavy atom. The summed E-state index contributed by atoms with van der Waals surface area (Å²) in [7, 11) is 4.65. The van der Waals surface area contributed by atoms with E-state index in [4.69, 9.17) is 14.3 Å². The highest BCUT2D eigenvalue weighted by molar-refractivity contribution is 6.00. The first-order valence-electron chi connectivity index (χ1n) is 9.49. The summed E-state index contributed by atoms with van der Waals surface area (Å²) in [6.07, 6.45) is 0.755. The number of hydrogen-bond acceptors (Lipinski definition) is 7. The van der Waals surface area contributed by atoms with Crippen molar-refractivity contribution in [3.05, 3.63) is 63.6 Å². The topological polar surface area (TPSA) is 92.8 Å². The highest BCUT2D eigenvalue weighted by atomic mass is 16.6. The molecule has 0 aliphatic heterocycles. The van der Waals surface area contributed by atoms with Gasteiger partial charge in [-0.05, 0) is 65.2 Å². The lowest BCUT2D eigenvalue weighted by molar-refractivity contribution is 0.213. The van der Waals surface area contributed by atoms with Gasteiger partial charge in [0.05, 0.1) is 24.1 Å². The highest BCUT2D eigenvalue weighted by Crippen LogP contribution is 2.27. The number of hydrogen-bond donors (Lipinski definition) is 0. The molecule has 0 spiro atoms. The minimum atomic E-state index is -0.352. The Labute approximate surface area is 174 Å². The van der Waals surface area contributed by atoms with Crippen LogP contribution in [0.15, 0.2) is 46.3 Å². The molecule has 0 unspecified atom stereocenters. The molecule has 158 valence electrons. The fraction of sp³-hybridized carbons (Fsp3) is 0.333. The van der Waals surface area contributed by atoms with Crippen molar-refractivity contribution in [3.8, 4) is 17.2 Å². The van der Waals surface area contributed by atoms with Crippen LogP contribution in [0.1, 0.15) is 30.0 Å². The summed E-state index contributed by atoms with van der Waals surface area (Å²) in [5.41, 5.74) is 3.70. The molecule has 1 heterocycles. The van der Waals surface area contributed by atoms with Gasteiger partial charge in [0.15, 0.2) is 0 Å². The Kier molecular flexibility index (Phi) is 6.51. The fourth-order valence-corrected chi connectivity index (χ4v) is 3.13. The molecular formula is C21H25N5O4. The molecule has 2 aromatic carbocycles. The number of aromatic nitrogens is 4. The van der Waals surface area contributed by atoms with Gasteiger partial charge in [-0.15, -0.1) is 0 Å². The highest BCUT2D eigenvalue weighted by Gasteiger charge is 2.16. The Morgan fingerprint density at radius 3 is 2.53 bits per heavy atom. The van der Waals surface area contributed by atoms with Crippen LogP contribution in [0.4, 0.5) is 0 Å². The molecule has 30 heavy (non-hydrogen) atoms. The van der Waals surface area contributed by atoms with E-state index in [2.05, 4.69) is 15.6 Å². The van der Waals surface area contributed by atoms with E-state index in [1.807, 2.05) is 38.1 Å². The van der Waals surface area contributed by atoms with Crippen molar-refractivity contribution in [1.29, 1.82) is 0 Å². The van der Waals surface area contributed by atoms with Gasteiger partial charge in [-0.1, -0.05) is 18.1 Å². The maximum atomic E-state index is 12.3. The zero-order valence-electron chi connectivity index (χ0n) is 17.7. The quantitative estimate of drug-likeness (QED) is 0.418. The number of aryl methyl sites for hydroxylation is 2. The average Bonchev–Trinajstić information content (AvgIpc) is 3.09. The van der Waals surface area contributed by atoms with E-state index in [-0.39, 0.29) is 12.3 Å². The minimum absolute atomic E-state index is 0.190. The molecule has 0 N–H and O–H groups in total. The van der Waals surface area contributed by atoms with Gasteiger partial charge in [-0.2, -0.15) is 9.36 Å². The second-order valence-corrected chi connectivity index (χ2v) is 6.60. The zero-order chi connectivity index (χ0) is 21.7. The molecular weight excluding hydrogens is 386 g/mol. The van der Waals surface area contributed by atoms with E-state index in [1.54, 1.807) is 26.3 Å². The second kappa shape index (κ2) is 9.25. The molecule has 0 saturated heterocycles. The van der Waals surface area contributed by atoms with E-state index in [9.17, 15) is 4.79 Å². The van der Waals surface area contributed by atoms with E-state index in [0.29, 0.717) is 17.0 Å². The van der Waals surface area contributed by atoms with E-state index < -0.39 is 0 Å². The van der Waals surface area contributed by atoms with E-state index in [1.165, 1.54) is 16.5 Å². The standard InChI is InChI=1S/C21H25N5O4/c1-6-17(22-29-5)15-10-11-19(14(2)12-15)30-13-16-18(8-7-9-20(16)28-4)26-21(27)25(3)23-24-26/h7-12H,6,13H2,1-5H3/b22-17+. The number of nitrogens with zero attached hydrogens (tertiary/aromatic N) is 5. The second-order valence-electron chi connectivity index (χ2n) is 6.60. The van der Waals surface area contributed by atoms with Gasteiger partial charge in [0.25, 0.3) is 0 Å². The van der Waals surface area contributed by atoms with Crippen LogP contribution in [0.2, 0.25) is 0 Å². The number of rotatable bonds is 8. The maximum absolute atomic E-state index is 12.3. The van der Waals surface area contributed by atoms with Gasteiger partial charge in [0.2, 0.25) is 0 Å². The maximum Gasteiger partial charge on any atom is 0.368 e.